The molecule has 0 heterocycles. The molecule has 0 aromatic heterocycles. The fraction of sp³-hybridized carbons (Fsp3) is 0.174. The van der Waals surface area contributed by atoms with E-state index in [1.807, 2.05) is 0 Å². The van der Waals surface area contributed by atoms with Crippen LogP contribution in [-0.4, -0.2) is 27.7 Å². The van der Waals surface area contributed by atoms with Gasteiger partial charge in [-0.2, -0.15) is 0 Å². The van der Waals surface area contributed by atoms with Gasteiger partial charge in [-0.25, -0.2) is 16.8 Å². The van der Waals surface area contributed by atoms with Crippen LogP contribution < -0.4 is 0 Å². The van der Waals surface area contributed by atoms with Crippen LogP contribution in [0, 0.1) is 0 Å². The average molecular weight is 521 g/mol. The Morgan fingerprint density at radius 2 is 1.19 bits per heavy atom. The van der Waals surface area contributed by atoms with Gasteiger partial charge in [0.15, 0.2) is 24.3 Å². The Balaban J connectivity index is 2.19. The summed E-state index contributed by atoms with van der Waals surface area (Å²) >= 11 is 3.33. The second-order valence-corrected chi connectivity index (χ2v) is 12.9. The van der Waals surface area contributed by atoms with Crippen LogP contribution in [0.1, 0.15) is 18.9 Å². The Bertz CT molecular complexity index is 1190. The highest BCUT2D eigenvalue weighted by molar-refractivity contribution is 9.10. The minimum absolute atomic E-state index is 0.108. The molecule has 0 saturated carbocycles. The van der Waals surface area contributed by atoms with E-state index in [1.54, 1.807) is 43.3 Å². The lowest BCUT2D eigenvalue weighted by atomic mass is 9.81. The van der Waals surface area contributed by atoms with E-state index in [1.165, 1.54) is 48.5 Å². The quantitative estimate of drug-likeness (QED) is 0.406. The Kier molecular flexibility index (Phi) is 6.83. The summed E-state index contributed by atoms with van der Waals surface area (Å²) < 4.78 is 53.1. The van der Waals surface area contributed by atoms with Gasteiger partial charge in [-0.15, -0.1) is 0 Å². The van der Waals surface area contributed by atoms with Crippen molar-refractivity contribution in [3.8, 4) is 0 Å². The van der Waals surface area contributed by atoms with Crippen LogP contribution in [0.2, 0.25) is 0 Å². The number of hydrogen-bond acceptors (Lipinski definition) is 5. The smallest absolute Gasteiger partial charge is 0.195 e. The van der Waals surface area contributed by atoms with E-state index in [2.05, 4.69) is 15.9 Å². The van der Waals surface area contributed by atoms with Crippen molar-refractivity contribution < 1.29 is 21.6 Å². The lowest BCUT2D eigenvalue weighted by molar-refractivity contribution is -0.112. The van der Waals surface area contributed by atoms with Crippen LogP contribution in [0.25, 0.3) is 0 Å². The molecule has 0 spiro atoms. The predicted octanol–water partition coefficient (Wildman–Crippen LogP) is 4.57. The zero-order valence-electron chi connectivity index (χ0n) is 16.7. The number of carbonyl (C=O) groups is 1. The number of rotatable bonds is 8. The van der Waals surface area contributed by atoms with Crippen LogP contribution >= 0.6 is 15.9 Å². The van der Waals surface area contributed by atoms with Gasteiger partial charge in [0, 0.05) is 4.47 Å². The first-order chi connectivity index (χ1) is 14.6. The molecule has 0 aliphatic carbocycles. The van der Waals surface area contributed by atoms with Crippen molar-refractivity contribution in [3.63, 3.8) is 0 Å². The maximum atomic E-state index is 13.5. The third-order valence-corrected chi connectivity index (χ3v) is 10.8. The van der Waals surface area contributed by atoms with Gasteiger partial charge in [0.2, 0.25) is 0 Å². The van der Waals surface area contributed by atoms with Crippen molar-refractivity contribution >= 4 is 41.9 Å². The van der Waals surface area contributed by atoms with Gasteiger partial charge in [0.25, 0.3) is 0 Å². The van der Waals surface area contributed by atoms with Gasteiger partial charge in [0.1, 0.15) is 6.29 Å². The van der Waals surface area contributed by atoms with Crippen LogP contribution in [0.4, 0.5) is 0 Å². The first-order valence-electron chi connectivity index (χ1n) is 9.41. The van der Waals surface area contributed by atoms with Gasteiger partial charge in [-0.1, -0.05) is 64.5 Å². The minimum atomic E-state index is -4.32. The summed E-state index contributed by atoms with van der Waals surface area (Å²) in [4.78, 5) is 12.0. The van der Waals surface area contributed by atoms with E-state index in [-0.39, 0.29) is 9.79 Å². The van der Waals surface area contributed by atoms with Gasteiger partial charge >= 0.3 is 0 Å². The fourth-order valence-electron chi connectivity index (χ4n) is 3.32. The molecule has 0 amide bonds. The van der Waals surface area contributed by atoms with Gasteiger partial charge in [-0.3, -0.25) is 0 Å². The first-order valence-corrected chi connectivity index (χ1v) is 13.3. The van der Waals surface area contributed by atoms with E-state index in [0.717, 1.165) is 4.47 Å². The number of carbonyl (C=O) groups excluding carboxylic acids is 1. The monoisotopic (exact) mass is 520 g/mol. The highest BCUT2D eigenvalue weighted by Crippen LogP contribution is 2.36. The summed E-state index contributed by atoms with van der Waals surface area (Å²) in [6.07, 6.45) is 0.191. The highest BCUT2D eigenvalue weighted by Gasteiger charge is 2.45. The van der Waals surface area contributed by atoms with E-state index in [9.17, 15) is 21.6 Å². The lowest BCUT2D eigenvalue weighted by Gasteiger charge is -2.29. The summed E-state index contributed by atoms with van der Waals surface area (Å²) in [7, 11) is -8.64. The van der Waals surface area contributed by atoms with Crippen molar-refractivity contribution in [2.45, 2.75) is 33.1 Å². The average Bonchev–Trinajstić information content (AvgIpc) is 2.78. The van der Waals surface area contributed by atoms with Crippen LogP contribution in [0.15, 0.2) is 99.2 Å². The first kappa shape index (κ1) is 23.4. The van der Waals surface area contributed by atoms with Crippen molar-refractivity contribution in [1.82, 2.24) is 0 Å². The molecule has 0 saturated heterocycles. The fourth-order valence-corrected chi connectivity index (χ4v) is 8.40. The lowest BCUT2D eigenvalue weighted by Crippen LogP contribution is -2.39. The Hall–Kier alpha value is -2.29. The second-order valence-electron chi connectivity index (χ2n) is 7.39. The maximum Gasteiger partial charge on any atom is 0.195 e. The Morgan fingerprint density at radius 1 is 0.774 bits per heavy atom. The molecule has 0 aliphatic rings. The molecule has 0 fully saturated rings. The molecule has 0 unspecified atom stereocenters. The van der Waals surface area contributed by atoms with E-state index in [4.69, 9.17) is 0 Å². The maximum absolute atomic E-state index is 13.5. The normalized spacial score (nSPS) is 14.2. The van der Waals surface area contributed by atoms with Gasteiger partial charge < -0.3 is 4.79 Å². The summed E-state index contributed by atoms with van der Waals surface area (Å²) in [5.41, 5.74) is -0.808. The van der Waals surface area contributed by atoms with E-state index < -0.39 is 36.1 Å². The molecule has 0 aliphatic heterocycles. The number of benzene rings is 3. The molecular formula is C23H21BrO5S2. The molecule has 3 rings (SSSR count). The molecular weight excluding hydrogens is 500 g/mol. The Labute approximate surface area is 191 Å². The minimum Gasteiger partial charge on any atom is -0.302 e. The predicted molar refractivity (Wildman–Crippen MR) is 123 cm³/mol. The molecule has 31 heavy (non-hydrogen) atoms. The number of sulfone groups is 2. The summed E-state index contributed by atoms with van der Waals surface area (Å²) in [5, 5.41) is 0. The Morgan fingerprint density at radius 3 is 1.58 bits per heavy atom. The molecule has 5 nitrogen and oxygen atoms in total. The molecule has 8 heteroatoms. The van der Waals surface area contributed by atoms with Crippen molar-refractivity contribution in [2.24, 2.45) is 0 Å². The topological polar surface area (TPSA) is 85.3 Å². The summed E-state index contributed by atoms with van der Waals surface area (Å²) in [5.74, 6) is 0. The molecule has 162 valence electrons. The third-order valence-electron chi connectivity index (χ3n) is 5.19. The summed E-state index contributed by atoms with van der Waals surface area (Å²) in [6, 6.07) is 21.7. The molecule has 3 aromatic carbocycles. The van der Waals surface area contributed by atoms with Gasteiger partial charge in [0.05, 0.1) is 15.2 Å². The molecule has 3 aromatic rings. The number of hydrogen-bond donors (Lipinski definition) is 0. The SMILES string of the molecule is C[C@@](C=O)(CC(S(=O)(=O)c1ccccc1)S(=O)(=O)c1ccccc1)c1ccc(Br)cc1. The largest absolute Gasteiger partial charge is 0.302 e. The van der Waals surface area contributed by atoms with Crippen LogP contribution in [0.3, 0.4) is 0 Å². The molecule has 1 atom stereocenters. The highest BCUT2D eigenvalue weighted by atomic mass is 79.9. The standard InChI is InChI=1S/C23H21BrO5S2/c1-23(17-25,18-12-14-19(24)15-13-18)16-22(30(26,27)20-8-4-2-5-9-20)31(28,29)21-10-6-3-7-11-21/h2-15,17,22H,16H2,1H3/t23-/m0/s1. The van der Waals surface area contributed by atoms with Crippen molar-refractivity contribution in [3.05, 3.63) is 95.0 Å². The third kappa shape index (κ3) is 4.81. The zero-order valence-corrected chi connectivity index (χ0v) is 19.9. The number of aldehydes is 1. The zero-order chi connectivity index (χ0) is 22.7. The van der Waals surface area contributed by atoms with Gasteiger partial charge in [-0.05, 0) is 55.3 Å². The van der Waals surface area contributed by atoms with Crippen LogP contribution in [-0.2, 0) is 29.9 Å². The van der Waals surface area contributed by atoms with Crippen molar-refractivity contribution in [2.75, 3.05) is 0 Å². The molecule has 0 bridgehead atoms. The van der Waals surface area contributed by atoms with E-state index >= 15 is 0 Å². The van der Waals surface area contributed by atoms with Crippen LogP contribution in [0.5, 0.6) is 0 Å². The van der Waals surface area contributed by atoms with Crippen molar-refractivity contribution in [1.29, 1.82) is 0 Å². The number of halogens is 1. The van der Waals surface area contributed by atoms with E-state index in [0.29, 0.717) is 11.8 Å². The molecule has 0 radical (unpaired) electrons. The summed E-state index contributed by atoms with van der Waals surface area (Å²) in [6.45, 7) is 1.55. The second kappa shape index (κ2) is 9.06. The molecule has 0 N–H and O–H groups in total.